The zero-order valence-corrected chi connectivity index (χ0v) is 10.5. The van der Waals surface area contributed by atoms with E-state index in [-0.39, 0.29) is 0 Å². The highest BCUT2D eigenvalue weighted by Crippen LogP contribution is 2.47. The van der Waals surface area contributed by atoms with Gasteiger partial charge in [0, 0.05) is 30.7 Å². The van der Waals surface area contributed by atoms with Gasteiger partial charge in [-0.15, -0.1) is 0 Å². The molecule has 17 heavy (non-hydrogen) atoms. The van der Waals surface area contributed by atoms with Crippen LogP contribution in [-0.4, -0.2) is 37.6 Å². The van der Waals surface area contributed by atoms with Crippen LogP contribution >= 0.6 is 0 Å². The van der Waals surface area contributed by atoms with Gasteiger partial charge in [0.15, 0.2) is 0 Å². The molecule has 90 valence electrons. The Morgan fingerprint density at radius 1 is 1.24 bits per heavy atom. The molecule has 2 nitrogen and oxygen atoms in total. The van der Waals surface area contributed by atoms with Gasteiger partial charge in [-0.3, -0.25) is 0 Å². The molecule has 0 radical (unpaired) electrons. The van der Waals surface area contributed by atoms with Gasteiger partial charge < -0.3 is 9.80 Å². The number of aryl methyl sites for hydroxylation is 1. The summed E-state index contributed by atoms with van der Waals surface area (Å²) in [5.41, 5.74) is 4.86. The summed E-state index contributed by atoms with van der Waals surface area (Å²) in [7, 11) is 2.27. The van der Waals surface area contributed by atoms with Crippen molar-refractivity contribution in [2.45, 2.75) is 31.2 Å². The number of likely N-dealkylation sites (N-methyl/N-ethyl adjacent to an activating group) is 1. The molecule has 2 atom stereocenters. The number of benzene rings is 1. The standard InChI is InChI=1S/C15H20N2/c1-16-9-7-14-13(10-16)12-6-2-4-11-5-3-8-17(14)15(11)12/h2,4,6,13-14H,3,5,7-10H2,1H3. The van der Waals surface area contributed by atoms with E-state index < -0.39 is 0 Å². The molecule has 0 saturated carbocycles. The molecule has 0 spiro atoms. The second-order valence-electron chi connectivity index (χ2n) is 5.88. The van der Waals surface area contributed by atoms with E-state index in [1.165, 1.54) is 38.9 Å². The summed E-state index contributed by atoms with van der Waals surface area (Å²) in [5, 5.41) is 0. The van der Waals surface area contributed by atoms with E-state index in [9.17, 15) is 0 Å². The van der Waals surface area contributed by atoms with E-state index in [1.807, 2.05) is 0 Å². The van der Waals surface area contributed by atoms with Gasteiger partial charge in [0.25, 0.3) is 0 Å². The summed E-state index contributed by atoms with van der Waals surface area (Å²) in [4.78, 5) is 5.23. The Kier molecular flexibility index (Phi) is 2.04. The number of anilines is 1. The Labute approximate surface area is 103 Å². The van der Waals surface area contributed by atoms with Gasteiger partial charge in [0.1, 0.15) is 0 Å². The van der Waals surface area contributed by atoms with Crippen molar-refractivity contribution in [3.63, 3.8) is 0 Å². The molecule has 1 fully saturated rings. The Morgan fingerprint density at radius 2 is 2.18 bits per heavy atom. The van der Waals surface area contributed by atoms with Crippen LogP contribution in [0.2, 0.25) is 0 Å². The lowest BCUT2D eigenvalue weighted by Crippen LogP contribution is -2.45. The van der Waals surface area contributed by atoms with Crippen LogP contribution in [0.25, 0.3) is 0 Å². The fourth-order valence-electron chi connectivity index (χ4n) is 4.13. The van der Waals surface area contributed by atoms with E-state index in [0.717, 1.165) is 12.0 Å². The zero-order valence-electron chi connectivity index (χ0n) is 10.5. The largest absolute Gasteiger partial charge is 0.367 e. The van der Waals surface area contributed by atoms with Crippen molar-refractivity contribution in [2.75, 3.05) is 31.6 Å². The number of para-hydroxylation sites is 1. The zero-order chi connectivity index (χ0) is 11.4. The number of likely N-dealkylation sites (tertiary alicyclic amines) is 1. The molecule has 3 aliphatic rings. The second kappa shape index (κ2) is 3.49. The molecule has 2 heteroatoms. The SMILES string of the molecule is CN1CCC2C(C1)c1cccc3c1N2CCC3. The third-order valence-corrected chi connectivity index (χ3v) is 4.86. The van der Waals surface area contributed by atoms with E-state index in [0.29, 0.717) is 0 Å². The number of rotatable bonds is 0. The highest BCUT2D eigenvalue weighted by atomic mass is 15.2. The minimum absolute atomic E-state index is 0.766. The van der Waals surface area contributed by atoms with Crippen molar-refractivity contribution < 1.29 is 0 Å². The first-order chi connectivity index (χ1) is 8.34. The summed E-state index contributed by atoms with van der Waals surface area (Å²) in [6.45, 7) is 3.80. The second-order valence-corrected chi connectivity index (χ2v) is 5.88. The molecular formula is C15H20N2. The third-order valence-electron chi connectivity index (χ3n) is 4.86. The van der Waals surface area contributed by atoms with Crippen LogP contribution in [0, 0.1) is 0 Å². The van der Waals surface area contributed by atoms with Crippen molar-refractivity contribution in [1.29, 1.82) is 0 Å². The lowest BCUT2D eigenvalue weighted by Gasteiger charge is -2.38. The monoisotopic (exact) mass is 228 g/mol. The fraction of sp³-hybridized carbons (Fsp3) is 0.600. The smallest absolute Gasteiger partial charge is 0.0438 e. The van der Waals surface area contributed by atoms with Gasteiger partial charge in [-0.1, -0.05) is 18.2 Å². The summed E-state index contributed by atoms with van der Waals surface area (Å²) >= 11 is 0. The van der Waals surface area contributed by atoms with E-state index in [1.54, 1.807) is 16.8 Å². The van der Waals surface area contributed by atoms with Gasteiger partial charge in [-0.05, 0) is 44.0 Å². The van der Waals surface area contributed by atoms with Crippen molar-refractivity contribution in [3.05, 3.63) is 29.3 Å². The molecular weight excluding hydrogens is 208 g/mol. The average molecular weight is 228 g/mol. The molecule has 0 amide bonds. The molecule has 4 rings (SSSR count). The number of hydrogen-bond acceptors (Lipinski definition) is 2. The van der Waals surface area contributed by atoms with Gasteiger partial charge in [0.2, 0.25) is 0 Å². The first-order valence-corrected chi connectivity index (χ1v) is 6.91. The lowest BCUT2D eigenvalue weighted by molar-refractivity contribution is 0.231. The first kappa shape index (κ1) is 9.95. The van der Waals surface area contributed by atoms with E-state index in [4.69, 9.17) is 0 Å². The Bertz CT molecular complexity index is 454. The van der Waals surface area contributed by atoms with Crippen LogP contribution in [0.1, 0.15) is 29.9 Å². The third kappa shape index (κ3) is 1.30. The number of nitrogens with zero attached hydrogens (tertiary/aromatic N) is 2. The predicted octanol–water partition coefficient (Wildman–Crippen LogP) is 2.24. The molecule has 0 N–H and O–H groups in total. The van der Waals surface area contributed by atoms with Crippen molar-refractivity contribution in [3.8, 4) is 0 Å². The van der Waals surface area contributed by atoms with Crippen molar-refractivity contribution in [2.24, 2.45) is 0 Å². The normalized spacial score (nSPS) is 31.2. The van der Waals surface area contributed by atoms with Crippen LogP contribution in [0.5, 0.6) is 0 Å². The van der Waals surface area contributed by atoms with Crippen molar-refractivity contribution >= 4 is 5.69 Å². The van der Waals surface area contributed by atoms with Crippen LogP contribution in [0.15, 0.2) is 18.2 Å². The molecule has 3 aliphatic heterocycles. The van der Waals surface area contributed by atoms with Crippen LogP contribution in [0.3, 0.4) is 0 Å². The topological polar surface area (TPSA) is 6.48 Å². The Morgan fingerprint density at radius 3 is 3.12 bits per heavy atom. The lowest BCUT2D eigenvalue weighted by atomic mass is 9.89. The Hall–Kier alpha value is -1.02. The highest BCUT2D eigenvalue weighted by molar-refractivity contribution is 5.68. The van der Waals surface area contributed by atoms with Crippen LogP contribution < -0.4 is 4.90 Å². The minimum atomic E-state index is 0.766. The number of fused-ring (bicyclic) bond motifs is 3. The molecule has 2 unspecified atom stereocenters. The first-order valence-electron chi connectivity index (χ1n) is 6.91. The molecule has 3 heterocycles. The molecule has 0 aromatic heterocycles. The molecule has 1 saturated heterocycles. The summed E-state index contributed by atoms with van der Waals surface area (Å²) in [6.07, 6.45) is 3.97. The summed E-state index contributed by atoms with van der Waals surface area (Å²) in [5.74, 6) is 0.766. The minimum Gasteiger partial charge on any atom is -0.367 e. The van der Waals surface area contributed by atoms with Gasteiger partial charge in [0.05, 0.1) is 0 Å². The van der Waals surface area contributed by atoms with Gasteiger partial charge in [-0.2, -0.15) is 0 Å². The molecule has 0 bridgehead atoms. The van der Waals surface area contributed by atoms with Gasteiger partial charge in [-0.25, -0.2) is 0 Å². The quantitative estimate of drug-likeness (QED) is 0.672. The summed E-state index contributed by atoms with van der Waals surface area (Å²) < 4.78 is 0. The summed E-state index contributed by atoms with van der Waals surface area (Å²) in [6, 6.07) is 7.78. The number of piperidine rings is 1. The molecule has 1 aromatic carbocycles. The predicted molar refractivity (Wildman–Crippen MR) is 70.8 cm³/mol. The van der Waals surface area contributed by atoms with E-state index >= 15 is 0 Å². The molecule has 0 aliphatic carbocycles. The maximum absolute atomic E-state index is 2.73. The fourth-order valence-corrected chi connectivity index (χ4v) is 4.13. The Balaban J connectivity index is 1.85. The molecule has 1 aromatic rings. The van der Waals surface area contributed by atoms with Crippen LogP contribution in [0.4, 0.5) is 5.69 Å². The van der Waals surface area contributed by atoms with E-state index in [2.05, 4.69) is 35.0 Å². The van der Waals surface area contributed by atoms with Crippen LogP contribution in [-0.2, 0) is 6.42 Å². The maximum Gasteiger partial charge on any atom is 0.0438 e. The average Bonchev–Trinajstić information content (AvgIpc) is 2.67. The van der Waals surface area contributed by atoms with Gasteiger partial charge >= 0.3 is 0 Å². The number of hydrogen-bond donors (Lipinski definition) is 0. The maximum atomic E-state index is 2.73. The van der Waals surface area contributed by atoms with Crippen molar-refractivity contribution in [1.82, 2.24) is 4.90 Å². The highest BCUT2D eigenvalue weighted by Gasteiger charge is 2.42.